The van der Waals surface area contributed by atoms with Gasteiger partial charge >= 0.3 is 0 Å². The maximum atomic E-state index is 3.90. The summed E-state index contributed by atoms with van der Waals surface area (Å²) in [6.45, 7) is 12.2. The van der Waals surface area contributed by atoms with Gasteiger partial charge in [0.25, 0.3) is 0 Å². The van der Waals surface area contributed by atoms with Crippen molar-refractivity contribution in [1.29, 1.82) is 0 Å². The van der Waals surface area contributed by atoms with Crippen LogP contribution in [0.3, 0.4) is 0 Å². The highest BCUT2D eigenvalue weighted by molar-refractivity contribution is 4.64. The van der Waals surface area contributed by atoms with Gasteiger partial charge in [0, 0.05) is 0 Å². The highest BCUT2D eigenvalue weighted by Gasteiger charge is 2.08. The van der Waals surface area contributed by atoms with E-state index in [2.05, 4.69) is 27.7 Å². The van der Waals surface area contributed by atoms with Crippen molar-refractivity contribution in [3.8, 4) is 0 Å². The molecule has 0 aromatic carbocycles. The predicted octanol–water partition coefficient (Wildman–Crippen LogP) is 3.10. The van der Waals surface area contributed by atoms with E-state index in [1.807, 2.05) is 0 Å². The van der Waals surface area contributed by atoms with E-state index in [4.69, 9.17) is 0 Å². The first-order valence-corrected chi connectivity index (χ1v) is 3.80. The molecule has 0 amide bonds. The highest BCUT2D eigenvalue weighted by atomic mass is 14.1. The van der Waals surface area contributed by atoms with Crippen LogP contribution in [0.25, 0.3) is 0 Å². The lowest BCUT2D eigenvalue weighted by Crippen LogP contribution is -2.06. The molecule has 0 heterocycles. The average Bonchev–Trinajstić information content (AvgIpc) is 1.82. The molecule has 0 fully saturated rings. The lowest BCUT2D eigenvalue weighted by Gasteiger charge is -2.16. The molecule has 0 bridgehead atoms. The van der Waals surface area contributed by atoms with Crippen molar-refractivity contribution in [2.24, 2.45) is 11.8 Å². The SMILES string of the molecule is [CH2]CCC(C[CH2])C(C)C. The predicted molar refractivity (Wildman–Crippen MR) is 42.9 cm³/mol. The van der Waals surface area contributed by atoms with Crippen molar-refractivity contribution >= 4 is 0 Å². The zero-order valence-corrected chi connectivity index (χ0v) is 6.69. The Balaban J connectivity index is 3.41. The largest absolute Gasteiger partial charge is 0.0625 e. The second kappa shape index (κ2) is 4.84. The van der Waals surface area contributed by atoms with E-state index in [9.17, 15) is 0 Å². The van der Waals surface area contributed by atoms with Gasteiger partial charge in [-0.15, -0.1) is 0 Å². The van der Waals surface area contributed by atoms with Crippen LogP contribution in [-0.2, 0) is 0 Å². The number of rotatable bonds is 4. The first-order valence-electron chi connectivity index (χ1n) is 3.80. The summed E-state index contributed by atoms with van der Waals surface area (Å²) < 4.78 is 0. The van der Waals surface area contributed by atoms with Gasteiger partial charge in [-0.25, -0.2) is 0 Å². The summed E-state index contributed by atoms with van der Waals surface area (Å²) in [5.74, 6) is 1.58. The molecule has 1 unspecified atom stereocenters. The van der Waals surface area contributed by atoms with Crippen molar-refractivity contribution in [2.45, 2.75) is 33.1 Å². The van der Waals surface area contributed by atoms with Crippen LogP contribution in [0.5, 0.6) is 0 Å². The molecule has 9 heavy (non-hydrogen) atoms. The van der Waals surface area contributed by atoms with Crippen LogP contribution >= 0.6 is 0 Å². The van der Waals surface area contributed by atoms with Crippen LogP contribution < -0.4 is 0 Å². The summed E-state index contributed by atoms with van der Waals surface area (Å²) in [5.41, 5.74) is 0. The molecule has 2 radical (unpaired) electrons. The maximum Gasteiger partial charge on any atom is -0.0391 e. The fourth-order valence-electron chi connectivity index (χ4n) is 1.07. The van der Waals surface area contributed by atoms with Crippen molar-refractivity contribution in [2.75, 3.05) is 0 Å². The normalized spacial score (nSPS) is 14.3. The topological polar surface area (TPSA) is 0 Å². The third kappa shape index (κ3) is 3.56. The Hall–Kier alpha value is 0. The van der Waals surface area contributed by atoms with Gasteiger partial charge in [-0.3, -0.25) is 0 Å². The van der Waals surface area contributed by atoms with Gasteiger partial charge in [0.1, 0.15) is 0 Å². The van der Waals surface area contributed by atoms with Crippen molar-refractivity contribution in [1.82, 2.24) is 0 Å². The molecule has 0 N–H and O–H groups in total. The fourth-order valence-corrected chi connectivity index (χ4v) is 1.07. The standard InChI is InChI=1S/C9H18/c1-5-7-9(6-2)8(3)4/h8-9H,1-2,5-7H2,3-4H3. The smallest absolute Gasteiger partial charge is 0.0391 e. The van der Waals surface area contributed by atoms with Gasteiger partial charge in [0.15, 0.2) is 0 Å². The lowest BCUT2D eigenvalue weighted by atomic mass is 9.89. The highest BCUT2D eigenvalue weighted by Crippen LogP contribution is 2.19. The first-order chi connectivity index (χ1) is 4.22. The summed E-state index contributed by atoms with van der Waals surface area (Å²) in [4.78, 5) is 0. The summed E-state index contributed by atoms with van der Waals surface area (Å²) in [6, 6.07) is 0. The fraction of sp³-hybridized carbons (Fsp3) is 0.778. The molecule has 1 atom stereocenters. The van der Waals surface area contributed by atoms with Gasteiger partial charge in [0.05, 0.1) is 0 Å². The van der Waals surface area contributed by atoms with Crippen LogP contribution in [-0.4, -0.2) is 0 Å². The Kier molecular flexibility index (Phi) is 4.84. The second-order valence-electron chi connectivity index (χ2n) is 2.94. The third-order valence-corrected chi connectivity index (χ3v) is 1.89. The van der Waals surface area contributed by atoms with Crippen LogP contribution in [0.4, 0.5) is 0 Å². The minimum Gasteiger partial charge on any atom is -0.0625 e. The maximum absolute atomic E-state index is 3.90. The van der Waals surface area contributed by atoms with Crippen molar-refractivity contribution in [3.05, 3.63) is 13.8 Å². The summed E-state index contributed by atoms with van der Waals surface area (Å²) in [6.07, 6.45) is 3.35. The molecular weight excluding hydrogens is 108 g/mol. The molecule has 0 nitrogen and oxygen atoms in total. The average molecular weight is 126 g/mol. The van der Waals surface area contributed by atoms with E-state index in [0.717, 1.165) is 24.7 Å². The van der Waals surface area contributed by atoms with Gasteiger partial charge in [0.2, 0.25) is 0 Å². The Morgan fingerprint density at radius 3 is 1.89 bits per heavy atom. The molecule has 0 saturated heterocycles. The van der Waals surface area contributed by atoms with E-state index < -0.39 is 0 Å². The molecule has 54 valence electrons. The summed E-state index contributed by atoms with van der Waals surface area (Å²) in [5, 5.41) is 0. The number of hydrogen-bond acceptors (Lipinski definition) is 0. The third-order valence-electron chi connectivity index (χ3n) is 1.89. The van der Waals surface area contributed by atoms with E-state index in [0.29, 0.717) is 0 Å². The molecule has 0 spiro atoms. The van der Waals surface area contributed by atoms with Gasteiger partial charge in [-0.05, 0) is 11.8 Å². The van der Waals surface area contributed by atoms with Gasteiger partial charge in [-0.1, -0.05) is 47.0 Å². The summed E-state index contributed by atoms with van der Waals surface area (Å²) >= 11 is 0. The quantitative estimate of drug-likeness (QED) is 0.543. The molecule has 0 heteroatoms. The molecule has 0 aromatic heterocycles. The summed E-state index contributed by atoms with van der Waals surface area (Å²) in [7, 11) is 0. The van der Waals surface area contributed by atoms with Gasteiger partial charge in [-0.2, -0.15) is 0 Å². The van der Waals surface area contributed by atoms with Gasteiger partial charge < -0.3 is 0 Å². The van der Waals surface area contributed by atoms with Crippen molar-refractivity contribution in [3.63, 3.8) is 0 Å². The Morgan fingerprint density at radius 2 is 1.78 bits per heavy atom. The van der Waals surface area contributed by atoms with E-state index >= 15 is 0 Å². The zero-order valence-electron chi connectivity index (χ0n) is 6.69. The molecule has 0 aliphatic heterocycles. The molecule has 0 aromatic rings. The Morgan fingerprint density at radius 1 is 1.22 bits per heavy atom. The van der Waals surface area contributed by atoms with Crippen LogP contribution in [0.2, 0.25) is 0 Å². The first kappa shape index (κ1) is 9.00. The van der Waals surface area contributed by atoms with Crippen LogP contribution in [0.15, 0.2) is 0 Å². The molecule has 0 rings (SSSR count). The lowest BCUT2D eigenvalue weighted by molar-refractivity contribution is 0.364. The number of hydrogen-bond donors (Lipinski definition) is 0. The van der Waals surface area contributed by atoms with Crippen LogP contribution in [0, 0.1) is 25.7 Å². The Bertz CT molecular complexity index is 55.1. The zero-order chi connectivity index (χ0) is 7.28. The minimum absolute atomic E-state index is 0.782. The molecule has 0 aliphatic rings. The monoisotopic (exact) mass is 126 g/mol. The second-order valence-corrected chi connectivity index (χ2v) is 2.94. The van der Waals surface area contributed by atoms with E-state index in [-0.39, 0.29) is 0 Å². The van der Waals surface area contributed by atoms with Crippen molar-refractivity contribution < 1.29 is 0 Å². The van der Waals surface area contributed by atoms with E-state index in [1.54, 1.807) is 0 Å². The molecular formula is C9H18. The van der Waals surface area contributed by atoms with E-state index in [1.165, 1.54) is 6.42 Å². The minimum atomic E-state index is 0.782. The Labute approximate surface area is 59.7 Å². The molecule has 0 saturated carbocycles. The molecule has 0 aliphatic carbocycles. The van der Waals surface area contributed by atoms with Crippen LogP contribution in [0.1, 0.15) is 33.1 Å².